The van der Waals surface area contributed by atoms with E-state index in [1.165, 1.54) is 12.1 Å². The summed E-state index contributed by atoms with van der Waals surface area (Å²) < 4.78 is 13.0. The van der Waals surface area contributed by atoms with Gasteiger partial charge in [0.05, 0.1) is 0 Å². The Kier molecular flexibility index (Phi) is 5.36. The first-order valence-corrected chi connectivity index (χ1v) is 7.87. The fourth-order valence-electron chi connectivity index (χ4n) is 3.23. The molecule has 2 rings (SSSR count). The molecule has 118 valence electrons. The number of piperidine rings is 1. The van der Waals surface area contributed by atoms with Gasteiger partial charge in [-0.3, -0.25) is 4.90 Å². The van der Waals surface area contributed by atoms with Gasteiger partial charge in [0, 0.05) is 37.8 Å². The molecule has 1 aromatic rings. The molecule has 0 radical (unpaired) electrons. The van der Waals surface area contributed by atoms with Crippen LogP contribution in [-0.2, 0) is 6.54 Å². The van der Waals surface area contributed by atoms with E-state index in [4.69, 9.17) is 5.73 Å². The molecule has 1 aliphatic heterocycles. The first-order chi connectivity index (χ1) is 9.97. The number of nitrogens with zero attached hydrogens (tertiary/aromatic N) is 2. The number of likely N-dealkylation sites (tertiary alicyclic amines) is 1. The van der Waals surface area contributed by atoms with Crippen LogP contribution >= 0.6 is 0 Å². The summed E-state index contributed by atoms with van der Waals surface area (Å²) in [5, 5.41) is 0. The predicted molar refractivity (Wildman–Crippen MR) is 85.6 cm³/mol. The van der Waals surface area contributed by atoms with E-state index in [1.807, 2.05) is 12.1 Å². The second-order valence-electron chi connectivity index (χ2n) is 6.54. The molecule has 1 aromatic carbocycles. The van der Waals surface area contributed by atoms with Gasteiger partial charge < -0.3 is 10.6 Å². The Bertz CT molecular complexity index is 436. The number of likely N-dealkylation sites (N-methyl/N-ethyl adjacent to an activating group) is 1. The van der Waals surface area contributed by atoms with Crippen molar-refractivity contribution in [3.05, 3.63) is 35.6 Å². The summed E-state index contributed by atoms with van der Waals surface area (Å²) in [5.41, 5.74) is 7.32. The summed E-state index contributed by atoms with van der Waals surface area (Å²) in [7, 11) is 2.14. The van der Waals surface area contributed by atoms with E-state index in [0.29, 0.717) is 12.6 Å². The smallest absolute Gasteiger partial charge is 0.123 e. The van der Waals surface area contributed by atoms with E-state index >= 15 is 0 Å². The van der Waals surface area contributed by atoms with Crippen LogP contribution in [0, 0.1) is 5.82 Å². The van der Waals surface area contributed by atoms with Crippen molar-refractivity contribution in [2.45, 2.75) is 44.8 Å². The van der Waals surface area contributed by atoms with Crippen molar-refractivity contribution in [3.63, 3.8) is 0 Å². The summed E-state index contributed by atoms with van der Waals surface area (Å²) in [5.74, 6) is -0.180. The van der Waals surface area contributed by atoms with Gasteiger partial charge in [-0.05, 0) is 51.4 Å². The van der Waals surface area contributed by atoms with Gasteiger partial charge in [-0.25, -0.2) is 4.39 Å². The van der Waals surface area contributed by atoms with Crippen LogP contribution in [0.2, 0.25) is 0 Å². The van der Waals surface area contributed by atoms with E-state index in [0.717, 1.165) is 38.0 Å². The Morgan fingerprint density at radius 3 is 2.29 bits per heavy atom. The topological polar surface area (TPSA) is 32.5 Å². The molecule has 1 fully saturated rings. The lowest BCUT2D eigenvalue weighted by Crippen LogP contribution is -2.58. The fourth-order valence-corrected chi connectivity index (χ4v) is 3.23. The highest BCUT2D eigenvalue weighted by atomic mass is 19.1. The number of hydrogen-bond acceptors (Lipinski definition) is 3. The van der Waals surface area contributed by atoms with Crippen molar-refractivity contribution in [3.8, 4) is 0 Å². The summed E-state index contributed by atoms with van der Waals surface area (Å²) in [6, 6.07) is 7.38. The van der Waals surface area contributed by atoms with Gasteiger partial charge >= 0.3 is 0 Å². The van der Waals surface area contributed by atoms with Gasteiger partial charge in [0.15, 0.2) is 0 Å². The Balaban J connectivity index is 2.01. The van der Waals surface area contributed by atoms with Crippen molar-refractivity contribution in [1.29, 1.82) is 0 Å². The number of rotatable bonds is 5. The molecule has 0 bridgehead atoms. The Morgan fingerprint density at radius 1 is 1.24 bits per heavy atom. The lowest BCUT2D eigenvalue weighted by molar-refractivity contribution is 0.0298. The molecule has 0 atom stereocenters. The van der Waals surface area contributed by atoms with Crippen molar-refractivity contribution in [1.82, 2.24) is 9.80 Å². The van der Waals surface area contributed by atoms with E-state index in [1.54, 1.807) is 0 Å². The molecule has 0 saturated carbocycles. The zero-order valence-corrected chi connectivity index (χ0v) is 13.5. The van der Waals surface area contributed by atoms with Crippen molar-refractivity contribution in [2.24, 2.45) is 5.73 Å². The largest absolute Gasteiger partial charge is 0.329 e. The molecular formula is C17H28FN3. The standard InChI is InChI=1S/C17H28FN3/c1-14(2)21-10-8-17(13-19,9-11-21)20(3)12-15-4-6-16(18)7-5-15/h4-7,14H,8-13,19H2,1-3H3. The molecule has 0 unspecified atom stereocenters. The predicted octanol–water partition coefficient (Wildman–Crippen LogP) is 2.46. The van der Waals surface area contributed by atoms with E-state index < -0.39 is 0 Å². The molecule has 2 N–H and O–H groups in total. The monoisotopic (exact) mass is 293 g/mol. The van der Waals surface area contributed by atoms with Crippen LogP contribution in [0.5, 0.6) is 0 Å². The van der Waals surface area contributed by atoms with Gasteiger partial charge in [-0.15, -0.1) is 0 Å². The maximum Gasteiger partial charge on any atom is 0.123 e. The van der Waals surface area contributed by atoms with Crippen molar-refractivity contribution in [2.75, 3.05) is 26.7 Å². The van der Waals surface area contributed by atoms with Crippen molar-refractivity contribution < 1.29 is 4.39 Å². The Hall–Kier alpha value is -0.970. The summed E-state index contributed by atoms with van der Waals surface area (Å²) in [6.07, 6.45) is 2.19. The molecule has 0 aromatic heterocycles. The molecule has 21 heavy (non-hydrogen) atoms. The fraction of sp³-hybridized carbons (Fsp3) is 0.647. The highest BCUT2D eigenvalue weighted by Gasteiger charge is 2.37. The minimum absolute atomic E-state index is 0.0692. The lowest BCUT2D eigenvalue weighted by Gasteiger charge is -2.48. The normalized spacial score (nSPS) is 19.4. The second kappa shape index (κ2) is 6.86. The second-order valence-corrected chi connectivity index (χ2v) is 6.54. The van der Waals surface area contributed by atoms with E-state index in [9.17, 15) is 4.39 Å². The number of hydrogen-bond donors (Lipinski definition) is 1. The highest BCUT2D eigenvalue weighted by Crippen LogP contribution is 2.29. The zero-order chi connectivity index (χ0) is 15.5. The molecular weight excluding hydrogens is 265 g/mol. The first kappa shape index (κ1) is 16.4. The van der Waals surface area contributed by atoms with E-state index in [2.05, 4.69) is 30.7 Å². The molecule has 1 heterocycles. The van der Waals surface area contributed by atoms with Crippen molar-refractivity contribution >= 4 is 0 Å². The van der Waals surface area contributed by atoms with Crippen LogP contribution in [0.25, 0.3) is 0 Å². The minimum atomic E-state index is -0.180. The highest BCUT2D eigenvalue weighted by molar-refractivity contribution is 5.16. The summed E-state index contributed by atoms with van der Waals surface area (Å²) in [4.78, 5) is 4.87. The van der Waals surface area contributed by atoms with Crippen LogP contribution in [0.1, 0.15) is 32.3 Å². The number of benzene rings is 1. The molecule has 1 aliphatic rings. The molecule has 4 heteroatoms. The van der Waals surface area contributed by atoms with Gasteiger partial charge in [0.25, 0.3) is 0 Å². The first-order valence-electron chi connectivity index (χ1n) is 7.87. The van der Waals surface area contributed by atoms with Gasteiger partial charge in [0.1, 0.15) is 5.82 Å². The number of nitrogens with two attached hydrogens (primary N) is 1. The minimum Gasteiger partial charge on any atom is -0.329 e. The third-order valence-electron chi connectivity index (χ3n) is 4.98. The van der Waals surface area contributed by atoms with Gasteiger partial charge in [0.2, 0.25) is 0 Å². The maximum absolute atomic E-state index is 13.0. The molecule has 3 nitrogen and oxygen atoms in total. The lowest BCUT2D eigenvalue weighted by atomic mass is 9.85. The molecule has 1 saturated heterocycles. The van der Waals surface area contributed by atoms with Crippen LogP contribution in [0.4, 0.5) is 4.39 Å². The van der Waals surface area contributed by atoms with Gasteiger partial charge in [-0.1, -0.05) is 12.1 Å². The zero-order valence-electron chi connectivity index (χ0n) is 13.5. The number of halogens is 1. The van der Waals surface area contributed by atoms with Crippen LogP contribution in [0.15, 0.2) is 24.3 Å². The van der Waals surface area contributed by atoms with Crippen LogP contribution in [0.3, 0.4) is 0 Å². The van der Waals surface area contributed by atoms with Gasteiger partial charge in [-0.2, -0.15) is 0 Å². The Morgan fingerprint density at radius 2 is 1.81 bits per heavy atom. The quantitative estimate of drug-likeness (QED) is 0.905. The average Bonchev–Trinajstić information content (AvgIpc) is 2.49. The third kappa shape index (κ3) is 3.82. The molecule has 0 spiro atoms. The third-order valence-corrected chi connectivity index (χ3v) is 4.98. The van der Waals surface area contributed by atoms with Crippen LogP contribution in [-0.4, -0.2) is 48.1 Å². The maximum atomic E-state index is 13.0. The molecule has 0 amide bonds. The van der Waals surface area contributed by atoms with E-state index in [-0.39, 0.29) is 11.4 Å². The summed E-state index contributed by atoms with van der Waals surface area (Å²) >= 11 is 0. The Labute approximate surface area is 127 Å². The SMILES string of the molecule is CC(C)N1CCC(CN)(N(C)Cc2ccc(F)cc2)CC1. The van der Waals surface area contributed by atoms with Crippen LogP contribution < -0.4 is 5.73 Å². The molecule has 0 aliphatic carbocycles. The average molecular weight is 293 g/mol. The summed E-state index contributed by atoms with van der Waals surface area (Å²) in [6.45, 7) is 8.19.